The lowest BCUT2D eigenvalue weighted by molar-refractivity contribution is -0.143. The number of unbranched alkanes of at least 4 members (excludes halogenated alkanes) is 56. The summed E-state index contributed by atoms with van der Waals surface area (Å²) in [4.78, 5) is 24.5. The van der Waals surface area contributed by atoms with Gasteiger partial charge in [-0.3, -0.25) is 9.59 Å². The Morgan fingerprint density at radius 1 is 0.316 bits per heavy atom. The molecule has 0 saturated heterocycles. The largest absolute Gasteiger partial charge is 0.466 e. The van der Waals surface area contributed by atoms with Gasteiger partial charge in [-0.15, -0.1) is 0 Å². The number of esters is 1. The second-order valence-electron chi connectivity index (χ2n) is 24.6. The molecule has 3 N–H and O–H groups in total. The number of amides is 1. The van der Waals surface area contributed by atoms with E-state index in [1.54, 1.807) is 0 Å². The molecule has 0 aromatic carbocycles. The van der Waals surface area contributed by atoms with Crippen LogP contribution in [0.5, 0.6) is 0 Å². The SMILES string of the molecule is CCCCCCCCCCCCCCCCCCC(O)C(CO)NC(=O)CCCCCCCCCCCCCCCCCCCCCCCCCCCCCCCCCOC(=O)CCCCCCCCCCCCCC. The third-order valence-electron chi connectivity index (χ3n) is 16.9. The van der Waals surface area contributed by atoms with E-state index in [9.17, 15) is 19.8 Å². The van der Waals surface area contributed by atoms with Crippen molar-refractivity contribution in [3.05, 3.63) is 0 Å². The van der Waals surface area contributed by atoms with Crippen molar-refractivity contribution in [3.8, 4) is 0 Å². The molecule has 2 atom stereocenters. The summed E-state index contributed by atoms with van der Waals surface area (Å²) in [6.07, 6.45) is 80.2. The van der Waals surface area contributed by atoms with Crippen molar-refractivity contribution in [3.63, 3.8) is 0 Å². The van der Waals surface area contributed by atoms with Crippen LogP contribution in [0.4, 0.5) is 0 Å². The monoisotopic (exact) mass is 1070 g/mol. The van der Waals surface area contributed by atoms with Crippen LogP contribution < -0.4 is 5.32 Å². The van der Waals surface area contributed by atoms with Gasteiger partial charge in [-0.05, 0) is 25.7 Å². The number of rotatable bonds is 67. The average molecular weight is 1070 g/mol. The second kappa shape index (κ2) is 66.4. The number of nitrogens with one attached hydrogen (secondary N) is 1. The van der Waals surface area contributed by atoms with E-state index in [2.05, 4.69) is 19.2 Å². The van der Waals surface area contributed by atoms with Crippen LogP contribution in [-0.4, -0.2) is 47.4 Å². The summed E-state index contributed by atoms with van der Waals surface area (Å²) in [6.45, 7) is 5.00. The number of aliphatic hydroxyl groups is 2. The molecule has 0 aromatic heterocycles. The predicted molar refractivity (Wildman–Crippen MR) is 334 cm³/mol. The van der Waals surface area contributed by atoms with Gasteiger partial charge in [-0.25, -0.2) is 0 Å². The quantitative estimate of drug-likeness (QED) is 0.0417. The minimum Gasteiger partial charge on any atom is -0.466 e. The minimum atomic E-state index is -0.660. The van der Waals surface area contributed by atoms with Crippen LogP contribution in [0.15, 0.2) is 0 Å². The lowest BCUT2D eigenvalue weighted by atomic mass is 10.0. The highest BCUT2D eigenvalue weighted by Crippen LogP contribution is 2.20. The summed E-state index contributed by atoms with van der Waals surface area (Å²) in [7, 11) is 0. The van der Waals surface area contributed by atoms with Crippen LogP contribution >= 0.6 is 0 Å². The van der Waals surface area contributed by atoms with Crippen molar-refractivity contribution in [2.45, 2.75) is 424 Å². The predicted octanol–water partition coefficient (Wildman–Crippen LogP) is 22.6. The van der Waals surface area contributed by atoms with Crippen molar-refractivity contribution in [1.82, 2.24) is 5.32 Å². The van der Waals surface area contributed by atoms with Gasteiger partial charge in [0.1, 0.15) is 0 Å². The number of ether oxygens (including phenoxy) is 1. The minimum absolute atomic E-state index is 0.0225. The van der Waals surface area contributed by atoms with E-state index < -0.39 is 12.1 Å². The van der Waals surface area contributed by atoms with Gasteiger partial charge in [0.2, 0.25) is 5.91 Å². The summed E-state index contributed by atoms with van der Waals surface area (Å²) in [6, 6.07) is -0.537. The number of carbonyl (C=O) groups is 2. The lowest BCUT2D eigenvalue weighted by Crippen LogP contribution is -2.45. The van der Waals surface area contributed by atoms with E-state index in [1.165, 1.54) is 340 Å². The first-order valence-corrected chi connectivity index (χ1v) is 35.3. The number of aliphatic hydroxyl groups excluding tert-OH is 2. The van der Waals surface area contributed by atoms with E-state index in [1.807, 2.05) is 0 Å². The van der Waals surface area contributed by atoms with Crippen molar-refractivity contribution in [2.75, 3.05) is 13.2 Å². The van der Waals surface area contributed by atoms with Gasteiger partial charge in [-0.2, -0.15) is 0 Å². The van der Waals surface area contributed by atoms with Crippen LogP contribution in [0.25, 0.3) is 0 Å². The summed E-state index contributed by atoms with van der Waals surface area (Å²) < 4.78 is 5.49. The van der Waals surface area contributed by atoms with Gasteiger partial charge in [0.25, 0.3) is 0 Å². The normalized spacial score (nSPS) is 12.4. The fourth-order valence-electron chi connectivity index (χ4n) is 11.5. The Hall–Kier alpha value is -1.14. The van der Waals surface area contributed by atoms with E-state index in [4.69, 9.17) is 4.74 Å². The first-order valence-electron chi connectivity index (χ1n) is 35.3. The zero-order valence-electron chi connectivity index (χ0n) is 52.0. The standard InChI is InChI=1S/C70H139NO5/c1-3-5-7-9-11-13-15-17-18-36-39-42-46-50-54-58-62-68(73)67(66-72)71-69(74)63-59-55-51-47-43-40-37-34-32-30-28-26-24-22-20-19-21-23-25-27-29-31-33-35-38-41-45-49-53-57-61-65-76-70(75)64-60-56-52-48-44-16-14-12-10-8-6-4-2/h67-68,72-73H,3-66H2,1-2H3,(H,71,74). The summed E-state index contributed by atoms with van der Waals surface area (Å²) >= 11 is 0. The molecule has 454 valence electrons. The van der Waals surface area contributed by atoms with Crippen LogP contribution in [0.2, 0.25) is 0 Å². The number of carbonyl (C=O) groups excluding carboxylic acids is 2. The van der Waals surface area contributed by atoms with Gasteiger partial charge >= 0.3 is 5.97 Å². The fourth-order valence-corrected chi connectivity index (χ4v) is 11.5. The van der Waals surface area contributed by atoms with Crippen molar-refractivity contribution in [1.29, 1.82) is 0 Å². The Kier molecular flexibility index (Phi) is 65.4. The van der Waals surface area contributed by atoms with Crippen molar-refractivity contribution < 1.29 is 24.5 Å². The number of hydrogen-bond acceptors (Lipinski definition) is 5. The molecule has 0 radical (unpaired) electrons. The Balaban J connectivity index is 3.31. The topological polar surface area (TPSA) is 95.9 Å². The Morgan fingerprint density at radius 3 is 0.803 bits per heavy atom. The maximum Gasteiger partial charge on any atom is 0.305 e. The van der Waals surface area contributed by atoms with Gasteiger partial charge < -0.3 is 20.3 Å². The van der Waals surface area contributed by atoms with Gasteiger partial charge in [0, 0.05) is 12.8 Å². The highest BCUT2D eigenvalue weighted by Gasteiger charge is 2.20. The summed E-state index contributed by atoms with van der Waals surface area (Å²) in [5, 5.41) is 23.4. The Morgan fingerprint density at radius 2 is 0.539 bits per heavy atom. The molecular formula is C70H139NO5. The van der Waals surface area contributed by atoms with E-state index >= 15 is 0 Å². The highest BCUT2D eigenvalue weighted by molar-refractivity contribution is 5.76. The van der Waals surface area contributed by atoms with Gasteiger partial charge in [-0.1, -0.05) is 373 Å². The molecule has 0 spiro atoms. The molecule has 0 bridgehead atoms. The van der Waals surface area contributed by atoms with Gasteiger partial charge in [0.05, 0.1) is 25.4 Å². The third kappa shape index (κ3) is 62.1. The summed E-state index contributed by atoms with van der Waals surface area (Å²) in [5.41, 5.74) is 0. The molecule has 0 saturated carbocycles. The smallest absolute Gasteiger partial charge is 0.305 e. The van der Waals surface area contributed by atoms with E-state index in [0.29, 0.717) is 25.9 Å². The van der Waals surface area contributed by atoms with Crippen LogP contribution in [0.3, 0.4) is 0 Å². The lowest BCUT2D eigenvalue weighted by Gasteiger charge is -2.22. The molecule has 0 aromatic rings. The van der Waals surface area contributed by atoms with Crippen LogP contribution in [-0.2, 0) is 14.3 Å². The second-order valence-corrected chi connectivity index (χ2v) is 24.6. The molecule has 2 unspecified atom stereocenters. The molecule has 0 heterocycles. The molecule has 0 fully saturated rings. The summed E-state index contributed by atoms with van der Waals surface area (Å²) in [5.74, 6) is -0.00415. The first-order chi connectivity index (χ1) is 37.5. The average Bonchev–Trinajstić information content (AvgIpc) is 3.42. The fraction of sp³-hybridized carbons (Fsp3) is 0.971. The zero-order valence-corrected chi connectivity index (χ0v) is 52.0. The zero-order chi connectivity index (χ0) is 55.0. The molecule has 76 heavy (non-hydrogen) atoms. The van der Waals surface area contributed by atoms with Crippen molar-refractivity contribution >= 4 is 11.9 Å². The van der Waals surface area contributed by atoms with Crippen LogP contribution in [0.1, 0.15) is 412 Å². The van der Waals surface area contributed by atoms with Crippen molar-refractivity contribution in [2.24, 2.45) is 0 Å². The Labute approximate surface area is 476 Å². The molecule has 0 rings (SSSR count). The molecule has 0 aliphatic carbocycles. The van der Waals surface area contributed by atoms with Crippen LogP contribution in [0, 0.1) is 0 Å². The molecule has 6 nitrogen and oxygen atoms in total. The molecule has 0 aliphatic rings. The Bertz CT molecular complexity index is 1100. The maximum absolute atomic E-state index is 12.5. The van der Waals surface area contributed by atoms with E-state index in [-0.39, 0.29) is 18.5 Å². The van der Waals surface area contributed by atoms with E-state index in [0.717, 1.165) is 38.5 Å². The molecule has 1 amide bonds. The highest BCUT2D eigenvalue weighted by atomic mass is 16.5. The number of hydrogen-bond donors (Lipinski definition) is 3. The molecule has 6 heteroatoms. The third-order valence-corrected chi connectivity index (χ3v) is 16.9. The maximum atomic E-state index is 12.5. The van der Waals surface area contributed by atoms with Gasteiger partial charge in [0.15, 0.2) is 0 Å². The molecule has 0 aliphatic heterocycles. The molecular weight excluding hydrogens is 935 g/mol. The first kappa shape index (κ1) is 74.9.